The van der Waals surface area contributed by atoms with Crippen LogP contribution in [-0.2, 0) is 11.2 Å². The van der Waals surface area contributed by atoms with Crippen LogP contribution in [0.2, 0.25) is 0 Å². The molecule has 0 aliphatic carbocycles. The Morgan fingerprint density at radius 2 is 1.78 bits per heavy atom. The first-order valence-corrected chi connectivity index (χ1v) is 10.1. The van der Waals surface area contributed by atoms with E-state index in [2.05, 4.69) is 9.97 Å². The van der Waals surface area contributed by atoms with Gasteiger partial charge in [-0.25, -0.2) is 13.8 Å². The van der Waals surface area contributed by atoms with Crippen LogP contribution in [0.3, 0.4) is 0 Å². The number of methoxy groups -OCH3 is 1. The minimum absolute atomic E-state index is 0.000552. The number of aryl methyl sites for hydroxylation is 1. The minimum atomic E-state index is -1.11. The van der Waals surface area contributed by atoms with Crippen LogP contribution in [0.15, 0.2) is 48.8 Å². The first kappa shape index (κ1) is 23.0. The van der Waals surface area contributed by atoms with Gasteiger partial charge in [0.15, 0.2) is 17.4 Å². The maximum absolute atomic E-state index is 14.7. The van der Waals surface area contributed by atoms with E-state index < -0.39 is 11.6 Å². The standard InChI is InChI=1S/C24H23F2N3O3/c1-4-22(31)29(2)19-10-8-17(23(25)24(19)26)16-7-9-18(27-14-16)20(30)11-5-15-6-12-21(32-3)28-13-15/h6-10,12-14H,4-5,11H2,1-3H3. The van der Waals surface area contributed by atoms with Gasteiger partial charge < -0.3 is 9.64 Å². The number of hydrogen-bond donors (Lipinski definition) is 0. The summed E-state index contributed by atoms with van der Waals surface area (Å²) in [7, 11) is 2.93. The third-order valence-electron chi connectivity index (χ3n) is 5.11. The Hall–Kier alpha value is -3.68. The van der Waals surface area contributed by atoms with Crippen LogP contribution < -0.4 is 9.64 Å². The summed E-state index contributed by atoms with van der Waals surface area (Å²) >= 11 is 0. The normalized spacial score (nSPS) is 10.7. The third-order valence-corrected chi connectivity index (χ3v) is 5.11. The predicted molar refractivity (Wildman–Crippen MR) is 117 cm³/mol. The Morgan fingerprint density at radius 3 is 2.38 bits per heavy atom. The summed E-state index contributed by atoms with van der Waals surface area (Å²) in [5, 5.41) is 0. The van der Waals surface area contributed by atoms with E-state index in [1.807, 2.05) is 6.07 Å². The van der Waals surface area contributed by atoms with Gasteiger partial charge in [-0.1, -0.05) is 19.1 Å². The Balaban J connectivity index is 1.72. The van der Waals surface area contributed by atoms with Crippen LogP contribution in [0.25, 0.3) is 11.1 Å². The van der Waals surface area contributed by atoms with E-state index in [1.165, 1.54) is 44.6 Å². The number of anilines is 1. The van der Waals surface area contributed by atoms with Gasteiger partial charge in [-0.2, -0.15) is 0 Å². The summed E-state index contributed by atoms with van der Waals surface area (Å²) < 4.78 is 34.2. The lowest BCUT2D eigenvalue weighted by atomic mass is 10.0. The molecule has 32 heavy (non-hydrogen) atoms. The third kappa shape index (κ3) is 4.96. The summed E-state index contributed by atoms with van der Waals surface area (Å²) in [5.74, 6) is -2.19. The van der Waals surface area contributed by atoms with Crippen molar-refractivity contribution in [1.29, 1.82) is 0 Å². The van der Waals surface area contributed by atoms with Crippen LogP contribution in [0.4, 0.5) is 14.5 Å². The minimum Gasteiger partial charge on any atom is -0.481 e. The lowest BCUT2D eigenvalue weighted by Crippen LogP contribution is -2.26. The number of pyridine rings is 2. The quantitative estimate of drug-likeness (QED) is 0.479. The zero-order chi connectivity index (χ0) is 23.3. The van der Waals surface area contributed by atoms with Crippen LogP contribution in [0.1, 0.15) is 35.8 Å². The largest absolute Gasteiger partial charge is 0.481 e. The summed E-state index contributed by atoms with van der Waals surface area (Å²) in [5.41, 5.74) is 1.32. The fraction of sp³-hybridized carbons (Fsp3) is 0.250. The van der Waals surface area contributed by atoms with Crippen molar-refractivity contribution in [3.05, 3.63) is 71.7 Å². The molecular formula is C24H23F2N3O3. The van der Waals surface area contributed by atoms with E-state index in [9.17, 15) is 18.4 Å². The molecule has 3 rings (SSSR count). The Kier molecular flexibility index (Phi) is 7.25. The van der Waals surface area contributed by atoms with E-state index in [-0.39, 0.29) is 41.5 Å². The lowest BCUT2D eigenvalue weighted by molar-refractivity contribution is -0.118. The predicted octanol–water partition coefficient (Wildman–Crippen LogP) is 4.62. The molecule has 2 aromatic heterocycles. The summed E-state index contributed by atoms with van der Waals surface area (Å²) in [6.45, 7) is 1.64. The number of ketones is 1. The molecule has 1 amide bonds. The maximum atomic E-state index is 14.7. The number of carbonyl (C=O) groups excluding carboxylic acids is 2. The Morgan fingerprint density at radius 1 is 1.00 bits per heavy atom. The monoisotopic (exact) mass is 439 g/mol. The second kappa shape index (κ2) is 10.1. The van der Waals surface area contributed by atoms with Gasteiger partial charge in [0.2, 0.25) is 11.8 Å². The van der Waals surface area contributed by atoms with Gasteiger partial charge in [0.25, 0.3) is 0 Å². The highest BCUT2D eigenvalue weighted by atomic mass is 19.2. The fourth-order valence-electron chi connectivity index (χ4n) is 3.18. The summed E-state index contributed by atoms with van der Waals surface area (Å²) in [6.07, 6.45) is 3.88. The van der Waals surface area contributed by atoms with Crippen LogP contribution in [0, 0.1) is 11.6 Å². The molecule has 0 bridgehead atoms. The van der Waals surface area contributed by atoms with Gasteiger partial charge in [-0.05, 0) is 30.2 Å². The van der Waals surface area contributed by atoms with E-state index in [1.54, 1.807) is 19.2 Å². The number of hydrogen-bond acceptors (Lipinski definition) is 5. The Bertz CT molecular complexity index is 1120. The second-order valence-corrected chi connectivity index (χ2v) is 7.13. The van der Waals surface area contributed by atoms with Gasteiger partial charge in [0.05, 0.1) is 12.8 Å². The van der Waals surface area contributed by atoms with Crippen molar-refractivity contribution in [2.45, 2.75) is 26.2 Å². The van der Waals surface area contributed by atoms with Gasteiger partial charge in [-0.15, -0.1) is 0 Å². The molecule has 0 saturated carbocycles. The fourth-order valence-corrected chi connectivity index (χ4v) is 3.18. The van der Waals surface area contributed by atoms with Crippen molar-refractivity contribution in [1.82, 2.24) is 9.97 Å². The van der Waals surface area contributed by atoms with Gasteiger partial charge >= 0.3 is 0 Å². The number of halogens is 2. The highest BCUT2D eigenvalue weighted by molar-refractivity contribution is 5.95. The SMILES string of the molecule is CCC(=O)N(C)c1ccc(-c2ccc(C(=O)CCc3ccc(OC)nc3)nc2)c(F)c1F. The number of ether oxygens (including phenoxy) is 1. The molecule has 0 aliphatic rings. The smallest absolute Gasteiger partial charge is 0.226 e. The van der Waals surface area contributed by atoms with Crippen molar-refractivity contribution in [2.75, 3.05) is 19.1 Å². The number of nitrogens with zero attached hydrogens (tertiary/aromatic N) is 3. The molecule has 6 nitrogen and oxygen atoms in total. The molecule has 166 valence electrons. The van der Waals surface area contributed by atoms with Crippen molar-refractivity contribution in [3.63, 3.8) is 0 Å². The summed E-state index contributed by atoms with van der Waals surface area (Å²) in [6, 6.07) is 9.31. The number of rotatable bonds is 8. The molecule has 0 unspecified atom stereocenters. The van der Waals surface area contributed by atoms with Crippen LogP contribution >= 0.6 is 0 Å². The molecule has 2 heterocycles. The zero-order valence-electron chi connectivity index (χ0n) is 18.1. The Labute approximate surface area is 184 Å². The molecular weight excluding hydrogens is 416 g/mol. The van der Waals surface area contributed by atoms with E-state index in [0.717, 1.165) is 10.5 Å². The highest BCUT2D eigenvalue weighted by Gasteiger charge is 2.20. The molecule has 0 saturated heterocycles. The van der Waals surface area contributed by atoms with Crippen LogP contribution in [-0.4, -0.2) is 35.8 Å². The topological polar surface area (TPSA) is 72.4 Å². The van der Waals surface area contributed by atoms with Crippen molar-refractivity contribution in [3.8, 4) is 17.0 Å². The number of aromatic nitrogens is 2. The first-order valence-electron chi connectivity index (χ1n) is 10.1. The molecule has 0 radical (unpaired) electrons. The van der Waals surface area contributed by atoms with Crippen LogP contribution in [0.5, 0.6) is 5.88 Å². The van der Waals surface area contributed by atoms with Crippen molar-refractivity contribution < 1.29 is 23.1 Å². The molecule has 0 N–H and O–H groups in total. The average molecular weight is 439 g/mol. The van der Waals surface area contributed by atoms with Crippen molar-refractivity contribution in [2.24, 2.45) is 0 Å². The number of amides is 1. The second-order valence-electron chi connectivity index (χ2n) is 7.13. The van der Waals surface area contributed by atoms with Gasteiger partial charge in [-0.3, -0.25) is 14.6 Å². The number of carbonyl (C=O) groups is 2. The zero-order valence-corrected chi connectivity index (χ0v) is 18.1. The molecule has 0 atom stereocenters. The van der Waals surface area contributed by atoms with Crippen molar-refractivity contribution >= 4 is 17.4 Å². The molecule has 3 aromatic rings. The highest BCUT2D eigenvalue weighted by Crippen LogP contribution is 2.30. The molecule has 0 aliphatic heterocycles. The lowest BCUT2D eigenvalue weighted by Gasteiger charge is -2.18. The summed E-state index contributed by atoms with van der Waals surface area (Å²) in [4.78, 5) is 33.5. The number of Topliss-reactive ketones (excluding diaryl/α,β-unsaturated/α-hetero) is 1. The molecule has 0 spiro atoms. The van der Waals surface area contributed by atoms with E-state index in [4.69, 9.17) is 4.74 Å². The van der Waals surface area contributed by atoms with Gasteiger partial charge in [0, 0.05) is 49.5 Å². The average Bonchev–Trinajstić information content (AvgIpc) is 2.83. The number of benzene rings is 1. The maximum Gasteiger partial charge on any atom is 0.226 e. The molecule has 8 heteroatoms. The van der Waals surface area contributed by atoms with E-state index in [0.29, 0.717) is 17.9 Å². The molecule has 0 fully saturated rings. The molecule has 1 aromatic carbocycles. The van der Waals surface area contributed by atoms with Gasteiger partial charge in [0.1, 0.15) is 5.69 Å². The first-order chi connectivity index (χ1) is 15.3. The van der Waals surface area contributed by atoms with E-state index >= 15 is 0 Å².